The van der Waals surface area contributed by atoms with E-state index in [1.165, 1.54) is 18.0 Å². The molecule has 0 radical (unpaired) electrons. The van der Waals surface area contributed by atoms with Crippen molar-refractivity contribution in [3.05, 3.63) is 12.4 Å². The zero-order valence-electron chi connectivity index (χ0n) is 10.4. The van der Waals surface area contributed by atoms with Crippen molar-refractivity contribution in [3.63, 3.8) is 0 Å². The lowest BCUT2D eigenvalue weighted by Gasteiger charge is -2.26. The van der Waals surface area contributed by atoms with E-state index in [2.05, 4.69) is 15.5 Å². The molecule has 2 N–H and O–H groups in total. The number of aromatic nitrogens is 2. The Morgan fingerprint density at radius 3 is 2.89 bits per heavy atom. The number of H-pyrrole nitrogens is 1. The molecule has 2 heterocycles. The number of carbonyl (C=O) groups is 2. The Labute approximate surface area is 115 Å². The number of rotatable bonds is 5. The first-order valence-electron chi connectivity index (χ1n) is 5.97. The van der Waals surface area contributed by atoms with Gasteiger partial charge in [0.15, 0.2) is 0 Å². The summed E-state index contributed by atoms with van der Waals surface area (Å²) in [5.74, 6) is 0.491. The molecule has 8 heteroatoms. The molecule has 7 nitrogen and oxygen atoms in total. The van der Waals surface area contributed by atoms with E-state index in [9.17, 15) is 9.59 Å². The highest BCUT2D eigenvalue weighted by molar-refractivity contribution is 8.00. The fraction of sp³-hybridized carbons (Fsp3) is 0.545. The first-order chi connectivity index (χ1) is 9.25. The number of anilines is 1. The number of hydrogen-bond donors (Lipinski definition) is 2. The third-order valence-corrected chi connectivity index (χ3v) is 3.52. The molecule has 1 aliphatic rings. The molecule has 1 aliphatic heterocycles. The third-order valence-electron chi connectivity index (χ3n) is 2.60. The van der Waals surface area contributed by atoms with E-state index in [4.69, 9.17) is 4.74 Å². The van der Waals surface area contributed by atoms with Crippen LogP contribution in [0.3, 0.4) is 0 Å². The van der Waals surface area contributed by atoms with Gasteiger partial charge in [0, 0.05) is 19.3 Å². The van der Waals surface area contributed by atoms with Gasteiger partial charge in [-0.2, -0.15) is 5.10 Å². The van der Waals surface area contributed by atoms with Crippen LogP contribution in [-0.2, 0) is 14.3 Å². The minimum absolute atomic E-state index is 0.0596. The number of nitrogens with one attached hydrogen (secondary N) is 2. The number of nitrogens with zero attached hydrogens (tertiary/aromatic N) is 2. The monoisotopic (exact) mass is 284 g/mol. The van der Waals surface area contributed by atoms with Gasteiger partial charge in [0.2, 0.25) is 11.8 Å². The second-order valence-corrected chi connectivity index (χ2v) is 5.01. The van der Waals surface area contributed by atoms with Gasteiger partial charge in [-0.1, -0.05) is 0 Å². The summed E-state index contributed by atoms with van der Waals surface area (Å²) in [5.41, 5.74) is 0.630. The Kier molecular flexibility index (Phi) is 5.22. The maximum atomic E-state index is 11.8. The molecule has 2 rings (SSSR count). The maximum Gasteiger partial charge on any atom is 0.234 e. The zero-order chi connectivity index (χ0) is 13.5. The van der Waals surface area contributed by atoms with Gasteiger partial charge in [0.05, 0.1) is 36.6 Å². The first kappa shape index (κ1) is 13.9. The van der Waals surface area contributed by atoms with Crippen LogP contribution >= 0.6 is 11.8 Å². The summed E-state index contributed by atoms with van der Waals surface area (Å²) < 4.78 is 5.18. The van der Waals surface area contributed by atoms with Crippen LogP contribution in [0.5, 0.6) is 0 Å². The number of thioether (sulfide) groups is 1. The van der Waals surface area contributed by atoms with Crippen molar-refractivity contribution >= 4 is 29.3 Å². The number of ether oxygens (including phenoxy) is 1. The maximum absolute atomic E-state index is 11.8. The van der Waals surface area contributed by atoms with Crippen molar-refractivity contribution in [3.8, 4) is 0 Å². The van der Waals surface area contributed by atoms with Crippen LogP contribution in [0.25, 0.3) is 0 Å². The van der Waals surface area contributed by atoms with Crippen LogP contribution in [0.1, 0.15) is 0 Å². The average Bonchev–Trinajstić information content (AvgIpc) is 2.92. The van der Waals surface area contributed by atoms with Crippen molar-refractivity contribution in [2.45, 2.75) is 0 Å². The van der Waals surface area contributed by atoms with Crippen molar-refractivity contribution in [2.75, 3.05) is 43.1 Å². The molecule has 104 valence electrons. The highest BCUT2D eigenvalue weighted by Crippen LogP contribution is 2.07. The zero-order valence-corrected chi connectivity index (χ0v) is 11.2. The smallest absolute Gasteiger partial charge is 0.234 e. The number of aromatic amines is 1. The molecular formula is C11H16N4O3S. The second kappa shape index (κ2) is 7.15. The fourth-order valence-electron chi connectivity index (χ4n) is 1.65. The van der Waals surface area contributed by atoms with E-state index >= 15 is 0 Å². The summed E-state index contributed by atoms with van der Waals surface area (Å²) in [6, 6.07) is 0. The van der Waals surface area contributed by atoms with Crippen LogP contribution in [0.4, 0.5) is 5.69 Å². The molecule has 1 aromatic rings. The van der Waals surface area contributed by atoms with Gasteiger partial charge in [0.1, 0.15) is 0 Å². The molecule has 19 heavy (non-hydrogen) atoms. The summed E-state index contributed by atoms with van der Waals surface area (Å²) in [7, 11) is 0. The van der Waals surface area contributed by atoms with Gasteiger partial charge >= 0.3 is 0 Å². The van der Waals surface area contributed by atoms with Crippen LogP contribution in [-0.4, -0.2) is 64.7 Å². The van der Waals surface area contributed by atoms with Gasteiger partial charge in [-0.25, -0.2) is 0 Å². The Morgan fingerprint density at radius 2 is 2.21 bits per heavy atom. The van der Waals surface area contributed by atoms with Crippen molar-refractivity contribution in [1.29, 1.82) is 0 Å². The summed E-state index contributed by atoms with van der Waals surface area (Å²) >= 11 is 1.31. The van der Waals surface area contributed by atoms with Crippen LogP contribution in [0, 0.1) is 0 Å². The number of carbonyl (C=O) groups excluding carboxylic acids is 2. The molecular weight excluding hydrogens is 268 g/mol. The fourth-order valence-corrected chi connectivity index (χ4v) is 2.37. The molecule has 1 fully saturated rings. The van der Waals surface area contributed by atoms with Crippen LogP contribution in [0.2, 0.25) is 0 Å². The van der Waals surface area contributed by atoms with E-state index in [0.717, 1.165) is 0 Å². The van der Waals surface area contributed by atoms with E-state index in [1.807, 2.05) is 0 Å². The average molecular weight is 284 g/mol. The van der Waals surface area contributed by atoms with E-state index in [1.54, 1.807) is 11.1 Å². The third kappa shape index (κ3) is 4.56. The standard InChI is InChI=1S/C11H16N4O3S/c16-10(14-9-5-12-13-6-9)7-19-8-11(17)15-1-3-18-4-2-15/h5-6H,1-4,7-8H2,(H,12,13)(H,14,16). The molecule has 0 aromatic carbocycles. The largest absolute Gasteiger partial charge is 0.378 e. The van der Waals surface area contributed by atoms with Gasteiger partial charge in [-0.05, 0) is 0 Å². The lowest BCUT2D eigenvalue weighted by Crippen LogP contribution is -2.41. The van der Waals surface area contributed by atoms with Crippen molar-refractivity contribution in [1.82, 2.24) is 15.1 Å². The summed E-state index contributed by atoms with van der Waals surface area (Å²) in [6.45, 7) is 2.47. The van der Waals surface area contributed by atoms with E-state index < -0.39 is 0 Å². The van der Waals surface area contributed by atoms with Crippen LogP contribution in [0.15, 0.2) is 12.4 Å². The number of amides is 2. The highest BCUT2D eigenvalue weighted by atomic mass is 32.2. The predicted molar refractivity (Wildman–Crippen MR) is 71.9 cm³/mol. The molecule has 0 unspecified atom stereocenters. The van der Waals surface area contributed by atoms with Crippen molar-refractivity contribution in [2.24, 2.45) is 0 Å². The predicted octanol–water partition coefficient (Wildman–Crippen LogP) is -0.0598. The highest BCUT2D eigenvalue weighted by Gasteiger charge is 2.16. The summed E-state index contributed by atoms with van der Waals surface area (Å²) in [4.78, 5) is 25.1. The Hall–Kier alpha value is -1.54. The summed E-state index contributed by atoms with van der Waals surface area (Å²) in [6.07, 6.45) is 3.13. The quantitative estimate of drug-likeness (QED) is 0.791. The van der Waals surface area contributed by atoms with E-state index in [-0.39, 0.29) is 17.6 Å². The minimum Gasteiger partial charge on any atom is -0.378 e. The molecule has 0 aliphatic carbocycles. The Balaban J connectivity index is 1.62. The molecule has 1 saturated heterocycles. The van der Waals surface area contributed by atoms with Gasteiger partial charge in [-0.3, -0.25) is 14.7 Å². The van der Waals surface area contributed by atoms with Gasteiger partial charge in [-0.15, -0.1) is 11.8 Å². The van der Waals surface area contributed by atoms with Crippen LogP contribution < -0.4 is 5.32 Å². The molecule has 2 amide bonds. The van der Waals surface area contributed by atoms with Gasteiger partial charge < -0.3 is 15.0 Å². The normalized spacial score (nSPS) is 15.3. The lowest BCUT2D eigenvalue weighted by molar-refractivity contribution is -0.132. The lowest BCUT2D eigenvalue weighted by atomic mass is 10.4. The Bertz CT molecular complexity index is 418. The first-order valence-corrected chi connectivity index (χ1v) is 7.13. The second-order valence-electron chi connectivity index (χ2n) is 4.02. The Morgan fingerprint density at radius 1 is 1.42 bits per heavy atom. The molecule has 1 aromatic heterocycles. The summed E-state index contributed by atoms with van der Waals surface area (Å²) in [5, 5.41) is 9.01. The molecule has 0 saturated carbocycles. The molecule has 0 spiro atoms. The molecule has 0 bridgehead atoms. The van der Waals surface area contributed by atoms with Gasteiger partial charge in [0.25, 0.3) is 0 Å². The van der Waals surface area contributed by atoms with Crippen molar-refractivity contribution < 1.29 is 14.3 Å². The molecule has 0 atom stereocenters. The SMILES string of the molecule is O=C(CSCC(=O)N1CCOCC1)Nc1cn[nH]c1. The number of hydrogen-bond acceptors (Lipinski definition) is 5. The topological polar surface area (TPSA) is 87.3 Å². The minimum atomic E-state index is -0.138. The van der Waals surface area contributed by atoms with E-state index in [0.29, 0.717) is 37.7 Å². The number of morpholine rings is 1.